The summed E-state index contributed by atoms with van der Waals surface area (Å²) in [6, 6.07) is 0. The fourth-order valence-corrected chi connectivity index (χ4v) is 1.96. The first-order valence-corrected chi connectivity index (χ1v) is 14.8. The Balaban J connectivity index is -0.000000155. The molecule has 0 aliphatic heterocycles. The molecule has 10 heteroatoms. The number of rotatable bonds is 12. The SMILES string of the molecule is CC(=O)OCCCCS.CC(=O)OCCCCS.CC(=O)OCCCCS.[CH3][SnH]. The van der Waals surface area contributed by atoms with Crippen molar-refractivity contribution in [2.75, 3.05) is 37.1 Å². The fourth-order valence-electron chi connectivity index (χ4n) is 1.29. The van der Waals surface area contributed by atoms with Crippen LogP contribution in [0.5, 0.6) is 0 Å². The Morgan fingerprint density at radius 3 is 0.897 bits per heavy atom. The summed E-state index contributed by atoms with van der Waals surface area (Å²) < 4.78 is 14.0. The predicted octanol–water partition coefficient (Wildman–Crippen LogP) is 3.71. The molecule has 0 unspecified atom stereocenters. The van der Waals surface area contributed by atoms with Crippen molar-refractivity contribution in [3.8, 4) is 0 Å². The van der Waals surface area contributed by atoms with Gasteiger partial charge >= 0.3 is 45.4 Å². The van der Waals surface area contributed by atoms with Gasteiger partial charge in [0.2, 0.25) is 0 Å². The third-order valence-electron chi connectivity index (χ3n) is 2.57. The second-order valence-electron chi connectivity index (χ2n) is 5.31. The Bertz CT molecular complexity index is 309. The van der Waals surface area contributed by atoms with Crippen LogP contribution in [0.25, 0.3) is 0 Å². The van der Waals surface area contributed by atoms with Crippen molar-refractivity contribution in [3.05, 3.63) is 0 Å². The summed E-state index contributed by atoms with van der Waals surface area (Å²) in [6.45, 7) is 5.86. The van der Waals surface area contributed by atoms with E-state index in [0.29, 0.717) is 19.8 Å². The Kier molecular flexibility index (Phi) is 45.1. The summed E-state index contributed by atoms with van der Waals surface area (Å²) >= 11 is 13.4. The third kappa shape index (κ3) is 58.4. The van der Waals surface area contributed by atoms with Crippen LogP contribution < -0.4 is 0 Å². The first kappa shape index (κ1) is 36.6. The van der Waals surface area contributed by atoms with Crippen LogP contribution in [-0.4, -0.2) is 77.5 Å². The molecule has 0 aliphatic rings. The van der Waals surface area contributed by atoms with Crippen molar-refractivity contribution in [2.24, 2.45) is 0 Å². The van der Waals surface area contributed by atoms with E-state index in [1.165, 1.54) is 43.3 Å². The minimum absolute atomic E-state index is 0.200. The van der Waals surface area contributed by atoms with Crippen molar-refractivity contribution in [1.29, 1.82) is 0 Å². The third-order valence-corrected chi connectivity index (χ3v) is 3.52. The Morgan fingerprint density at radius 2 is 0.759 bits per heavy atom. The van der Waals surface area contributed by atoms with E-state index >= 15 is 0 Å². The molecule has 0 bridgehead atoms. The number of esters is 3. The molecular weight excluding hydrogens is 539 g/mol. The van der Waals surface area contributed by atoms with Gasteiger partial charge in [-0.2, -0.15) is 37.9 Å². The summed E-state index contributed by atoms with van der Waals surface area (Å²) in [5.41, 5.74) is 0. The Hall–Kier alpha value is 0.259. The molecule has 174 valence electrons. The first-order valence-electron chi connectivity index (χ1n) is 9.62. The number of ether oxygens (including phenoxy) is 3. The monoisotopic (exact) mass is 580 g/mol. The van der Waals surface area contributed by atoms with Crippen molar-refractivity contribution in [2.45, 2.75) is 64.2 Å². The zero-order valence-corrected chi connectivity index (χ0v) is 24.3. The molecule has 0 aromatic rings. The zero-order chi connectivity index (χ0) is 23.3. The number of thiol groups is 3. The molecule has 0 atom stereocenters. The fraction of sp³-hybridized carbons (Fsp3) is 0.842. The van der Waals surface area contributed by atoms with Crippen LogP contribution in [0.2, 0.25) is 4.94 Å². The Morgan fingerprint density at radius 1 is 0.552 bits per heavy atom. The molecule has 0 heterocycles. The second kappa shape index (κ2) is 35.7. The molecule has 0 N–H and O–H groups in total. The number of carbonyl (C=O) groups excluding carboxylic acids is 3. The van der Waals surface area contributed by atoms with Crippen LogP contribution in [-0.2, 0) is 28.6 Å². The summed E-state index contributed by atoms with van der Waals surface area (Å²) in [4.78, 5) is 32.6. The van der Waals surface area contributed by atoms with Gasteiger partial charge in [-0.1, -0.05) is 0 Å². The second-order valence-corrected chi connectivity index (χ2v) is 6.65. The molecular formula is C19H40O6S3Sn. The van der Waals surface area contributed by atoms with E-state index in [1.54, 1.807) is 0 Å². The quantitative estimate of drug-likeness (QED) is 0.108. The number of carbonyl (C=O) groups is 3. The average Bonchev–Trinajstić information content (AvgIpc) is 2.68. The minimum atomic E-state index is -0.200. The number of unbranched alkanes of at least 4 members (excludes halogenated alkanes) is 3. The molecule has 0 aromatic heterocycles. The van der Waals surface area contributed by atoms with E-state index in [0.717, 1.165) is 55.8 Å². The number of hydrogen-bond donors (Lipinski definition) is 3. The van der Waals surface area contributed by atoms with Crippen LogP contribution in [0.3, 0.4) is 0 Å². The van der Waals surface area contributed by atoms with Crippen molar-refractivity contribution < 1.29 is 28.6 Å². The maximum atomic E-state index is 10.2. The summed E-state index contributed by atoms with van der Waals surface area (Å²) in [6.07, 6.45) is 5.79. The molecule has 6 nitrogen and oxygen atoms in total. The molecule has 2 radical (unpaired) electrons. The van der Waals surface area contributed by atoms with Gasteiger partial charge in [0, 0.05) is 20.8 Å². The van der Waals surface area contributed by atoms with E-state index in [4.69, 9.17) is 0 Å². The summed E-state index contributed by atoms with van der Waals surface area (Å²) in [5.74, 6) is 1.99. The van der Waals surface area contributed by atoms with Crippen LogP contribution in [0.1, 0.15) is 59.3 Å². The predicted molar refractivity (Wildman–Crippen MR) is 132 cm³/mol. The van der Waals surface area contributed by atoms with E-state index in [9.17, 15) is 14.4 Å². The van der Waals surface area contributed by atoms with E-state index in [2.05, 4.69) is 57.0 Å². The van der Waals surface area contributed by atoms with E-state index < -0.39 is 0 Å². The Labute approximate surface area is 207 Å². The van der Waals surface area contributed by atoms with Crippen LogP contribution in [0.4, 0.5) is 0 Å². The van der Waals surface area contributed by atoms with Gasteiger partial charge < -0.3 is 14.2 Å². The molecule has 0 rings (SSSR count). The molecule has 29 heavy (non-hydrogen) atoms. The summed E-state index contributed by atoms with van der Waals surface area (Å²) in [5, 5.41) is 0. The van der Waals surface area contributed by atoms with E-state index in [1.807, 2.05) is 0 Å². The normalized spacial score (nSPS) is 8.69. The van der Waals surface area contributed by atoms with Gasteiger partial charge in [-0.15, -0.1) is 0 Å². The van der Waals surface area contributed by atoms with Gasteiger partial charge in [0.05, 0.1) is 19.8 Å². The van der Waals surface area contributed by atoms with Gasteiger partial charge in [-0.05, 0) is 55.8 Å². The standard InChI is InChI=1S/3C6H12O2S.CH3.Sn.H/c3*1-6(7)8-4-2-3-5-9;;;/h3*9H,2-5H2,1H3;1H3;;. The molecule has 0 aromatic carbocycles. The maximum absolute atomic E-state index is 10.2. The molecule has 0 saturated carbocycles. The molecule has 0 spiro atoms. The van der Waals surface area contributed by atoms with Gasteiger partial charge in [0.1, 0.15) is 0 Å². The first-order chi connectivity index (χ1) is 13.8. The summed E-state index contributed by atoms with van der Waals surface area (Å²) in [7, 11) is 0. The number of hydrogen-bond acceptors (Lipinski definition) is 9. The van der Waals surface area contributed by atoms with Crippen LogP contribution in [0, 0.1) is 0 Å². The molecule has 0 amide bonds. The zero-order valence-electron chi connectivity index (χ0n) is 18.4. The van der Waals surface area contributed by atoms with Gasteiger partial charge in [-0.25, -0.2) is 0 Å². The van der Waals surface area contributed by atoms with E-state index in [-0.39, 0.29) is 17.9 Å². The van der Waals surface area contributed by atoms with Crippen molar-refractivity contribution >= 4 is 78.3 Å². The molecule has 0 saturated heterocycles. The van der Waals surface area contributed by atoms with Crippen LogP contribution in [0.15, 0.2) is 0 Å². The van der Waals surface area contributed by atoms with Crippen molar-refractivity contribution in [3.63, 3.8) is 0 Å². The van der Waals surface area contributed by atoms with Crippen molar-refractivity contribution in [1.82, 2.24) is 0 Å². The topological polar surface area (TPSA) is 78.9 Å². The molecule has 0 aliphatic carbocycles. The average molecular weight is 579 g/mol. The van der Waals surface area contributed by atoms with Gasteiger partial charge in [0.25, 0.3) is 0 Å². The molecule has 0 fully saturated rings. The van der Waals surface area contributed by atoms with Gasteiger partial charge in [-0.3, -0.25) is 14.4 Å². The van der Waals surface area contributed by atoms with Crippen LogP contribution >= 0.6 is 37.9 Å². The van der Waals surface area contributed by atoms with Gasteiger partial charge in [0.15, 0.2) is 0 Å².